The average molecular weight is 455 g/mol. The Morgan fingerprint density at radius 1 is 0.848 bits per heavy atom. The number of rotatable bonds is 8. The molecule has 3 aromatic carbocycles. The fourth-order valence-corrected chi connectivity index (χ4v) is 4.39. The van der Waals surface area contributed by atoms with Crippen LogP contribution in [0.3, 0.4) is 0 Å². The highest BCUT2D eigenvalue weighted by Gasteiger charge is 2.20. The summed E-state index contributed by atoms with van der Waals surface area (Å²) in [7, 11) is 0. The number of carbonyl (C=O) groups is 2. The summed E-state index contributed by atoms with van der Waals surface area (Å²) in [6.07, 6.45) is 0.247. The summed E-state index contributed by atoms with van der Waals surface area (Å²) >= 11 is 1.43. The van der Waals surface area contributed by atoms with Crippen LogP contribution in [0.5, 0.6) is 0 Å². The molecule has 2 amide bonds. The fourth-order valence-electron chi connectivity index (χ4n) is 3.72. The van der Waals surface area contributed by atoms with E-state index in [1.165, 1.54) is 11.3 Å². The zero-order valence-corrected chi connectivity index (χ0v) is 19.3. The number of carbonyl (C=O) groups excluding carboxylic acids is 2. The maximum Gasteiger partial charge on any atom is 0.268 e. The third kappa shape index (κ3) is 5.96. The molecule has 1 heterocycles. The van der Waals surface area contributed by atoms with E-state index in [-0.39, 0.29) is 24.3 Å². The van der Waals surface area contributed by atoms with Gasteiger partial charge < -0.3 is 10.2 Å². The van der Waals surface area contributed by atoms with Crippen LogP contribution in [0.1, 0.15) is 39.3 Å². The van der Waals surface area contributed by atoms with Crippen LogP contribution >= 0.6 is 11.3 Å². The van der Waals surface area contributed by atoms with Crippen molar-refractivity contribution in [2.24, 2.45) is 0 Å². The van der Waals surface area contributed by atoms with Gasteiger partial charge in [-0.2, -0.15) is 0 Å². The quantitative estimate of drug-likeness (QED) is 0.354. The van der Waals surface area contributed by atoms with Crippen molar-refractivity contribution in [3.05, 3.63) is 124 Å². The predicted octanol–water partition coefficient (Wildman–Crippen LogP) is 6.02. The van der Waals surface area contributed by atoms with E-state index in [2.05, 4.69) is 5.32 Å². The largest absolute Gasteiger partial charge is 0.349 e. The number of anilines is 1. The van der Waals surface area contributed by atoms with Crippen molar-refractivity contribution in [2.75, 3.05) is 4.90 Å². The van der Waals surface area contributed by atoms with Crippen LogP contribution in [0.25, 0.3) is 0 Å². The van der Waals surface area contributed by atoms with Gasteiger partial charge in [0.15, 0.2) is 0 Å². The fraction of sp³-hybridized carbons (Fsp3) is 0.143. The maximum absolute atomic E-state index is 13.3. The number of benzene rings is 3. The summed E-state index contributed by atoms with van der Waals surface area (Å²) in [5, 5.41) is 4.97. The van der Waals surface area contributed by atoms with Gasteiger partial charge >= 0.3 is 0 Å². The molecule has 5 heteroatoms. The zero-order chi connectivity index (χ0) is 23.0. The molecule has 0 saturated heterocycles. The summed E-state index contributed by atoms with van der Waals surface area (Å²) in [5.74, 6) is -0.101. The van der Waals surface area contributed by atoms with Crippen molar-refractivity contribution < 1.29 is 9.59 Å². The highest BCUT2D eigenvalue weighted by atomic mass is 32.1. The second-order valence-electron chi connectivity index (χ2n) is 7.90. The molecule has 4 nitrogen and oxygen atoms in total. The first kappa shape index (κ1) is 22.5. The van der Waals surface area contributed by atoms with Crippen LogP contribution in [-0.2, 0) is 17.8 Å². The van der Waals surface area contributed by atoms with E-state index in [4.69, 9.17) is 0 Å². The Kier molecular flexibility index (Phi) is 7.33. The molecule has 0 saturated carbocycles. The zero-order valence-electron chi connectivity index (χ0n) is 18.5. The number of hydrogen-bond donors (Lipinski definition) is 1. The number of nitrogens with one attached hydrogen (secondary N) is 1. The van der Waals surface area contributed by atoms with E-state index in [9.17, 15) is 9.59 Å². The molecule has 4 rings (SSSR count). The van der Waals surface area contributed by atoms with Gasteiger partial charge in [-0.05, 0) is 47.2 Å². The first-order valence-electron chi connectivity index (χ1n) is 10.9. The van der Waals surface area contributed by atoms with Crippen LogP contribution in [0, 0.1) is 0 Å². The predicted molar refractivity (Wildman–Crippen MR) is 134 cm³/mol. The van der Waals surface area contributed by atoms with Crippen LogP contribution in [0.15, 0.2) is 102 Å². The molecular formula is C28H26N2O2S. The number of thiophene rings is 1. The molecule has 166 valence electrons. The summed E-state index contributed by atoms with van der Waals surface area (Å²) < 4.78 is 0. The van der Waals surface area contributed by atoms with Gasteiger partial charge in [0, 0.05) is 5.69 Å². The second-order valence-corrected chi connectivity index (χ2v) is 8.85. The Balaban J connectivity index is 1.52. The van der Waals surface area contributed by atoms with Crippen LogP contribution in [0.2, 0.25) is 0 Å². The van der Waals surface area contributed by atoms with Gasteiger partial charge in [0.1, 0.15) is 0 Å². The summed E-state index contributed by atoms with van der Waals surface area (Å²) in [6.45, 7) is 2.43. The van der Waals surface area contributed by atoms with Crippen molar-refractivity contribution in [1.82, 2.24) is 5.32 Å². The summed E-state index contributed by atoms with van der Waals surface area (Å²) in [4.78, 5) is 28.5. The van der Waals surface area contributed by atoms with E-state index in [0.29, 0.717) is 11.4 Å². The lowest BCUT2D eigenvalue weighted by molar-refractivity contribution is -0.121. The summed E-state index contributed by atoms with van der Waals surface area (Å²) in [6, 6.07) is 31.1. The Bertz CT molecular complexity index is 1190. The average Bonchev–Trinajstić information content (AvgIpc) is 3.38. The smallest absolute Gasteiger partial charge is 0.268 e. The lowest BCUT2D eigenvalue weighted by Crippen LogP contribution is -2.30. The van der Waals surface area contributed by atoms with Crippen LogP contribution in [-0.4, -0.2) is 11.8 Å². The molecule has 33 heavy (non-hydrogen) atoms. The van der Waals surface area contributed by atoms with Gasteiger partial charge in [-0.3, -0.25) is 9.59 Å². The van der Waals surface area contributed by atoms with Gasteiger partial charge in [-0.1, -0.05) is 78.9 Å². The molecule has 0 aliphatic carbocycles. The van der Waals surface area contributed by atoms with E-state index in [1.54, 1.807) is 4.90 Å². The topological polar surface area (TPSA) is 49.4 Å². The van der Waals surface area contributed by atoms with Crippen molar-refractivity contribution in [3.8, 4) is 0 Å². The molecule has 0 spiro atoms. The third-order valence-electron chi connectivity index (χ3n) is 5.42. The molecule has 4 aromatic rings. The Morgan fingerprint density at radius 2 is 1.55 bits per heavy atom. The number of nitrogens with zero attached hydrogens (tertiary/aromatic N) is 1. The van der Waals surface area contributed by atoms with Gasteiger partial charge in [-0.15, -0.1) is 11.3 Å². The normalized spacial score (nSPS) is 11.5. The SMILES string of the molecule is C[C@H](NC(=O)Cc1cccc(N(Cc2ccccc2)C(=O)c2cccs2)c1)c1ccccc1. The molecule has 0 bridgehead atoms. The van der Waals surface area contributed by atoms with Gasteiger partial charge in [0.2, 0.25) is 5.91 Å². The van der Waals surface area contributed by atoms with Crippen LogP contribution in [0.4, 0.5) is 5.69 Å². The minimum Gasteiger partial charge on any atom is -0.349 e. The van der Waals surface area contributed by atoms with Crippen molar-refractivity contribution in [3.63, 3.8) is 0 Å². The van der Waals surface area contributed by atoms with Crippen molar-refractivity contribution in [1.29, 1.82) is 0 Å². The molecule has 1 aromatic heterocycles. The standard InChI is InChI=1S/C28H26N2O2S/c1-21(24-13-6-3-7-14-24)29-27(31)19-23-12-8-15-25(18-23)30(20-22-10-4-2-5-11-22)28(32)26-16-9-17-33-26/h2-18,21H,19-20H2,1H3,(H,29,31)/t21-/m0/s1. The molecule has 1 atom stereocenters. The van der Waals surface area contributed by atoms with Crippen molar-refractivity contribution in [2.45, 2.75) is 25.9 Å². The van der Waals surface area contributed by atoms with E-state index < -0.39 is 0 Å². The van der Waals surface area contributed by atoms with Crippen LogP contribution < -0.4 is 10.2 Å². The second kappa shape index (κ2) is 10.7. The molecule has 0 unspecified atom stereocenters. The molecule has 0 aliphatic rings. The van der Waals surface area contributed by atoms with Gasteiger partial charge in [0.05, 0.1) is 23.9 Å². The number of amides is 2. The Hall–Kier alpha value is -3.70. The highest BCUT2D eigenvalue weighted by molar-refractivity contribution is 7.12. The van der Waals surface area contributed by atoms with E-state index >= 15 is 0 Å². The molecule has 0 radical (unpaired) electrons. The van der Waals surface area contributed by atoms with Crippen molar-refractivity contribution >= 4 is 28.8 Å². The highest BCUT2D eigenvalue weighted by Crippen LogP contribution is 2.24. The van der Waals surface area contributed by atoms with E-state index in [0.717, 1.165) is 22.4 Å². The molecular weight excluding hydrogens is 428 g/mol. The first-order valence-corrected chi connectivity index (χ1v) is 11.8. The molecule has 0 fully saturated rings. The Morgan fingerprint density at radius 3 is 2.24 bits per heavy atom. The molecule has 0 aliphatic heterocycles. The minimum atomic E-state index is -0.0723. The third-order valence-corrected chi connectivity index (χ3v) is 6.28. The number of hydrogen-bond acceptors (Lipinski definition) is 3. The monoisotopic (exact) mass is 454 g/mol. The van der Waals surface area contributed by atoms with Gasteiger partial charge in [-0.25, -0.2) is 0 Å². The minimum absolute atomic E-state index is 0.0480. The first-order chi connectivity index (χ1) is 16.1. The van der Waals surface area contributed by atoms with Gasteiger partial charge in [0.25, 0.3) is 5.91 Å². The molecule has 1 N–H and O–H groups in total. The Labute approximate surface area is 198 Å². The lowest BCUT2D eigenvalue weighted by atomic mass is 10.1. The van der Waals surface area contributed by atoms with E-state index in [1.807, 2.05) is 109 Å². The maximum atomic E-state index is 13.3. The lowest BCUT2D eigenvalue weighted by Gasteiger charge is -2.23. The summed E-state index contributed by atoms with van der Waals surface area (Å²) in [5.41, 5.74) is 3.75.